The van der Waals surface area contributed by atoms with Crippen LogP contribution in [-0.2, 0) is 14.3 Å². The zero-order chi connectivity index (χ0) is 20.8. The molecule has 1 aromatic carbocycles. The Morgan fingerprint density at radius 2 is 1.61 bits per heavy atom. The fourth-order valence-electron chi connectivity index (χ4n) is 2.60. The van der Waals surface area contributed by atoms with Crippen molar-refractivity contribution in [1.82, 2.24) is 15.5 Å². The van der Waals surface area contributed by atoms with Crippen LogP contribution in [-0.4, -0.2) is 53.8 Å². The Balaban J connectivity index is 1.83. The molecule has 0 aromatic heterocycles. The first kappa shape index (κ1) is 21.1. The molecule has 1 aliphatic rings. The predicted octanol–water partition coefficient (Wildman–Crippen LogP) is 1.09. The van der Waals surface area contributed by atoms with Crippen LogP contribution in [0.5, 0.6) is 0 Å². The molecule has 5 amide bonds. The van der Waals surface area contributed by atoms with Crippen molar-refractivity contribution in [3.05, 3.63) is 35.4 Å². The molecule has 0 saturated heterocycles. The summed E-state index contributed by atoms with van der Waals surface area (Å²) < 4.78 is 4.84. The molecule has 0 bridgehead atoms. The average molecular weight is 389 g/mol. The van der Waals surface area contributed by atoms with Gasteiger partial charge in [0.05, 0.1) is 11.1 Å². The molecule has 28 heavy (non-hydrogen) atoms. The summed E-state index contributed by atoms with van der Waals surface area (Å²) in [6.45, 7) is 5.04. The van der Waals surface area contributed by atoms with Gasteiger partial charge in [-0.05, 0) is 31.4 Å². The van der Waals surface area contributed by atoms with Gasteiger partial charge in [-0.1, -0.05) is 26.0 Å². The molecular formula is C19H23N3O6. The number of hydrogen-bond donors (Lipinski definition) is 2. The number of rotatable bonds is 7. The summed E-state index contributed by atoms with van der Waals surface area (Å²) in [5.41, 5.74) is 0.422. The van der Waals surface area contributed by atoms with Crippen molar-refractivity contribution in [1.29, 1.82) is 0 Å². The molecule has 150 valence electrons. The number of urea groups is 1. The maximum absolute atomic E-state index is 12.4. The molecule has 0 fully saturated rings. The molecule has 0 aliphatic carbocycles. The largest absolute Gasteiger partial charge is 0.454 e. The van der Waals surface area contributed by atoms with Crippen LogP contribution < -0.4 is 10.6 Å². The Morgan fingerprint density at radius 3 is 2.14 bits per heavy atom. The minimum Gasteiger partial charge on any atom is -0.454 e. The van der Waals surface area contributed by atoms with Crippen LogP contribution in [0, 0.1) is 5.92 Å². The van der Waals surface area contributed by atoms with E-state index in [-0.39, 0.29) is 11.1 Å². The van der Waals surface area contributed by atoms with Crippen LogP contribution in [0.2, 0.25) is 0 Å². The zero-order valence-corrected chi connectivity index (χ0v) is 16.0. The fourth-order valence-corrected chi connectivity index (χ4v) is 2.60. The van der Waals surface area contributed by atoms with Crippen LogP contribution in [0.4, 0.5) is 4.79 Å². The van der Waals surface area contributed by atoms with E-state index in [1.54, 1.807) is 12.1 Å². The van der Waals surface area contributed by atoms with E-state index in [0.29, 0.717) is 12.5 Å². The number of carbonyl (C=O) groups excluding carboxylic acids is 5. The van der Waals surface area contributed by atoms with Crippen molar-refractivity contribution in [2.45, 2.75) is 33.2 Å². The zero-order valence-electron chi connectivity index (χ0n) is 16.0. The summed E-state index contributed by atoms with van der Waals surface area (Å²) in [6, 6.07) is 4.34. The third kappa shape index (κ3) is 4.93. The standard InChI is InChI=1S/C19H23N3O6/c1-11(2)8-9-20-19(27)21-15(23)10-28-18(26)12(3)22-16(24)13-6-4-5-7-14(13)17(22)25/h4-7,11-12H,8-10H2,1-3H3,(H2,20,21,23,27)/t12-/m0/s1. The van der Waals surface area contributed by atoms with Gasteiger partial charge >= 0.3 is 12.0 Å². The number of ether oxygens (including phenoxy) is 1. The van der Waals surface area contributed by atoms with Crippen molar-refractivity contribution in [3.8, 4) is 0 Å². The second-order valence-electron chi connectivity index (χ2n) is 6.80. The van der Waals surface area contributed by atoms with Crippen molar-refractivity contribution in [3.63, 3.8) is 0 Å². The van der Waals surface area contributed by atoms with Crippen LogP contribution in [0.25, 0.3) is 0 Å². The second kappa shape index (κ2) is 9.12. The van der Waals surface area contributed by atoms with Gasteiger partial charge in [0.2, 0.25) is 0 Å². The molecule has 1 atom stereocenters. The summed E-state index contributed by atoms with van der Waals surface area (Å²) in [5, 5.41) is 4.55. The highest BCUT2D eigenvalue weighted by Gasteiger charge is 2.41. The topological polar surface area (TPSA) is 122 Å². The van der Waals surface area contributed by atoms with Gasteiger partial charge in [0, 0.05) is 6.54 Å². The van der Waals surface area contributed by atoms with Gasteiger partial charge in [-0.25, -0.2) is 9.59 Å². The number of amides is 5. The SMILES string of the molecule is CC(C)CCNC(=O)NC(=O)COC(=O)[C@H](C)N1C(=O)c2ccccc2C1=O. The van der Waals surface area contributed by atoms with E-state index < -0.39 is 42.4 Å². The van der Waals surface area contributed by atoms with Crippen molar-refractivity contribution < 1.29 is 28.7 Å². The van der Waals surface area contributed by atoms with Crippen LogP contribution in [0.3, 0.4) is 0 Å². The summed E-state index contributed by atoms with van der Waals surface area (Å²) in [4.78, 5) is 60.9. The Bertz CT molecular complexity index is 770. The minimum absolute atomic E-state index is 0.211. The Morgan fingerprint density at radius 1 is 1.04 bits per heavy atom. The molecular weight excluding hydrogens is 366 g/mol. The molecule has 9 heteroatoms. The van der Waals surface area contributed by atoms with E-state index in [1.165, 1.54) is 19.1 Å². The van der Waals surface area contributed by atoms with E-state index in [0.717, 1.165) is 11.3 Å². The number of nitrogens with one attached hydrogen (secondary N) is 2. The van der Waals surface area contributed by atoms with Crippen molar-refractivity contribution >= 4 is 29.7 Å². The van der Waals surface area contributed by atoms with Crippen molar-refractivity contribution in [2.24, 2.45) is 5.92 Å². The molecule has 0 unspecified atom stereocenters. The summed E-state index contributed by atoms with van der Waals surface area (Å²) in [5.74, 6) is -2.53. The normalized spacial score (nSPS) is 13.9. The first-order valence-corrected chi connectivity index (χ1v) is 8.93. The molecule has 9 nitrogen and oxygen atoms in total. The summed E-state index contributed by atoms with van der Waals surface area (Å²) in [6.07, 6.45) is 0.758. The van der Waals surface area contributed by atoms with E-state index >= 15 is 0 Å². The van der Waals surface area contributed by atoms with E-state index in [1.807, 2.05) is 19.2 Å². The number of nitrogens with zero attached hydrogens (tertiary/aromatic N) is 1. The Labute approximate surface area is 162 Å². The molecule has 2 rings (SSSR count). The van der Waals surface area contributed by atoms with Gasteiger partial charge in [-0.2, -0.15) is 0 Å². The Kier molecular flexibility index (Phi) is 6.86. The third-order valence-electron chi connectivity index (χ3n) is 4.16. The number of fused-ring (bicyclic) bond motifs is 1. The molecule has 1 heterocycles. The van der Waals surface area contributed by atoms with E-state index in [4.69, 9.17) is 4.74 Å². The summed E-state index contributed by atoms with van der Waals surface area (Å²) >= 11 is 0. The van der Waals surface area contributed by atoms with Crippen LogP contribution in [0.1, 0.15) is 47.9 Å². The lowest BCUT2D eigenvalue weighted by Gasteiger charge is -2.20. The van der Waals surface area contributed by atoms with Gasteiger partial charge in [0.25, 0.3) is 17.7 Å². The van der Waals surface area contributed by atoms with Crippen molar-refractivity contribution in [2.75, 3.05) is 13.2 Å². The van der Waals surface area contributed by atoms with Gasteiger partial charge in [0.15, 0.2) is 6.61 Å². The maximum atomic E-state index is 12.4. The molecule has 0 saturated carbocycles. The lowest BCUT2D eigenvalue weighted by atomic mass is 10.1. The van der Waals surface area contributed by atoms with Crippen LogP contribution >= 0.6 is 0 Å². The predicted molar refractivity (Wildman–Crippen MR) is 98.4 cm³/mol. The molecule has 1 aliphatic heterocycles. The van der Waals surface area contributed by atoms with Gasteiger partial charge in [-0.15, -0.1) is 0 Å². The average Bonchev–Trinajstić information content (AvgIpc) is 2.90. The third-order valence-corrected chi connectivity index (χ3v) is 4.16. The highest BCUT2D eigenvalue weighted by molar-refractivity contribution is 6.22. The number of imide groups is 2. The molecule has 1 aromatic rings. The van der Waals surface area contributed by atoms with Gasteiger partial charge < -0.3 is 10.1 Å². The molecule has 0 spiro atoms. The smallest absolute Gasteiger partial charge is 0.329 e. The van der Waals surface area contributed by atoms with E-state index in [9.17, 15) is 24.0 Å². The second-order valence-corrected chi connectivity index (χ2v) is 6.80. The number of benzene rings is 1. The number of esters is 1. The van der Waals surface area contributed by atoms with Crippen LogP contribution in [0.15, 0.2) is 24.3 Å². The quantitative estimate of drug-likeness (QED) is 0.532. The lowest BCUT2D eigenvalue weighted by Crippen LogP contribution is -2.45. The highest BCUT2D eigenvalue weighted by atomic mass is 16.5. The molecule has 2 N–H and O–H groups in total. The minimum atomic E-state index is -1.21. The summed E-state index contributed by atoms with van der Waals surface area (Å²) in [7, 11) is 0. The van der Waals surface area contributed by atoms with Gasteiger partial charge in [-0.3, -0.25) is 24.6 Å². The number of hydrogen-bond acceptors (Lipinski definition) is 6. The first-order valence-electron chi connectivity index (χ1n) is 8.93. The Hall–Kier alpha value is -3.23. The highest BCUT2D eigenvalue weighted by Crippen LogP contribution is 2.24. The lowest BCUT2D eigenvalue weighted by molar-refractivity contribution is -0.151. The monoisotopic (exact) mass is 389 g/mol. The maximum Gasteiger partial charge on any atom is 0.329 e. The number of carbonyl (C=O) groups is 5. The first-order chi connectivity index (χ1) is 13.2. The van der Waals surface area contributed by atoms with E-state index in [2.05, 4.69) is 5.32 Å². The molecule has 0 radical (unpaired) electrons. The fraction of sp³-hybridized carbons (Fsp3) is 0.421. The van der Waals surface area contributed by atoms with Gasteiger partial charge in [0.1, 0.15) is 6.04 Å².